The fraction of sp³-hybridized carbons (Fsp3) is 0.444. The van der Waals surface area contributed by atoms with Gasteiger partial charge in [-0.1, -0.05) is 0 Å². The van der Waals surface area contributed by atoms with Crippen molar-refractivity contribution in [2.45, 2.75) is 19.9 Å². The maximum absolute atomic E-state index is 11.4. The number of hydrogen-bond donors (Lipinski definition) is 1. The number of carbonyl (C=O) groups excluding carboxylic acids is 2. The zero-order chi connectivity index (χ0) is 11.0. The first-order chi connectivity index (χ1) is 7.13. The Morgan fingerprint density at radius 1 is 1.60 bits per heavy atom. The lowest BCUT2D eigenvalue weighted by Crippen LogP contribution is -2.24. The van der Waals surface area contributed by atoms with Crippen molar-refractivity contribution >= 4 is 17.7 Å². The number of hydrogen-bond acceptors (Lipinski definition) is 4. The molecule has 2 heterocycles. The average molecular weight is 209 g/mol. The van der Waals surface area contributed by atoms with Gasteiger partial charge in [-0.05, 0) is 6.92 Å². The third-order valence-corrected chi connectivity index (χ3v) is 2.33. The summed E-state index contributed by atoms with van der Waals surface area (Å²) in [6.45, 7) is 2.21. The highest BCUT2D eigenvalue weighted by Crippen LogP contribution is 2.23. The molecule has 0 unspecified atom stereocenters. The van der Waals surface area contributed by atoms with Gasteiger partial charge in [0.25, 0.3) is 0 Å². The lowest BCUT2D eigenvalue weighted by Gasteiger charge is -2.14. The largest absolute Gasteiger partial charge is 0.465 e. The number of aromatic nitrogens is 2. The Bertz CT molecular complexity index is 436. The molecule has 1 amide bonds. The predicted molar refractivity (Wildman–Crippen MR) is 51.6 cm³/mol. The molecule has 1 aromatic heterocycles. The molecular weight excluding hydrogens is 198 g/mol. The van der Waals surface area contributed by atoms with Crippen molar-refractivity contribution in [3.63, 3.8) is 0 Å². The molecular formula is C9H11N3O3. The van der Waals surface area contributed by atoms with Crippen LogP contribution in [0.3, 0.4) is 0 Å². The number of fused-ring (bicyclic) bond motifs is 1. The standard InChI is InChI=1S/C9H11N3O3/c1-5-7(9(14)15-2)8-10-6(13)3-4-12(8)11-5/h3-4H2,1-2H3,(H,10,13). The third-order valence-electron chi connectivity index (χ3n) is 2.33. The van der Waals surface area contributed by atoms with E-state index in [9.17, 15) is 9.59 Å². The molecule has 0 aromatic carbocycles. The Morgan fingerprint density at radius 2 is 2.33 bits per heavy atom. The van der Waals surface area contributed by atoms with Crippen molar-refractivity contribution < 1.29 is 14.3 Å². The predicted octanol–water partition coefficient (Wildman–Crippen LogP) is 0.320. The van der Waals surface area contributed by atoms with E-state index in [4.69, 9.17) is 0 Å². The minimum Gasteiger partial charge on any atom is -0.465 e. The van der Waals surface area contributed by atoms with Crippen LogP contribution in [0, 0.1) is 6.92 Å². The van der Waals surface area contributed by atoms with E-state index in [1.165, 1.54) is 7.11 Å². The van der Waals surface area contributed by atoms with Gasteiger partial charge in [-0.2, -0.15) is 5.10 Å². The molecule has 0 aliphatic carbocycles. The average Bonchev–Trinajstić information content (AvgIpc) is 2.52. The molecule has 0 radical (unpaired) electrons. The molecule has 0 spiro atoms. The normalized spacial score (nSPS) is 14.4. The van der Waals surface area contributed by atoms with Crippen molar-refractivity contribution in [3.8, 4) is 0 Å². The molecule has 0 fully saturated rings. The first-order valence-corrected chi connectivity index (χ1v) is 4.59. The summed E-state index contributed by atoms with van der Waals surface area (Å²) in [7, 11) is 1.30. The van der Waals surface area contributed by atoms with Crippen LogP contribution in [-0.4, -0.2) is 28.8 Å². The SMILES string of the molecule is COC(=O)c1c(C)nn2c1NC(=O)CC2. The molecule has 0 saturated carbocycles. The van der Waals surface area contributed by atoms with Crippen molar-refractivity contribution in [3.05, 3.63) is 11.3 Å². The number of carbonyl (C=O) groups is 2. The fourth-order valence-electron chi connectivity index (χ4n) is 1.62. The lowest BCUT2D eigenvalue weighted by atomic mass is 10.2. The highest BCUT2D eigenvalue weighted by molar-refractivity contribution is 6.01. The van der Waals surface area contributed by atoms with Gasteiger partial charge in [0.1, 0.15) is 11.4 Å². The van der Waals surface area contributed by atoms with Crippen molar-refractivity contribution in [1.82, 2.24) is 9.78 Å². The fourth-order valence-corrected chi connectivity index (χ4v) is 1.62. The summed E-state index contributed by atoms with van der Waals surface area (Å²) in [6, 6.07) is 0. The van der Waals surface area contributed by atoms with Gasteiger partial charge in [0.05, 0.1) is 19.3 Å². The van der Waals surface area contributed by atoms with Gasteiger partial charge in [0, 0.05) is 6.42 Å². The van der Waals surface area contributed by atoms with Gasteiger partial charge in [0.15, 0.2) is 0 Å². The van der Waals surface area contributed by atoms with Crippen LogP contribution in [0.1, 0.15) is 22.5 Å². The summed E-state index contributed by atoms with van der Waals surface area (Å²) >= 11 is 0. The molecule has 2 rings (SSSR count). The number of aryl methyl sites for hydroxylation is 2. The van der Waals surface area contributed by atoms with Crippen molar-refractivity contribution in [2.75, 3.05) is 12.4 Å². The first-order valence-electron chi connectivity index (χ1n) is 4.59. The minimum absolute atomic E-state index is 0.104. The van der Waals surface area contributed by atoms with E-state index in [-0.39, 0.29) is 5.91 Å². The molecule has 1 aliphatic rings. The van der Waals surface area contributed by atoms with E-state index in [0.29, 0.717) is 30.0 Å². The van der Waals surface area contributed by atoms with E-state index in [2.05, 4.69) is 15.2 Å². The second kappa shape index (κ2) is 3.38. The summed E-state index contributed by atoms with van der Waals surface area (Å²) in [5.41, 5.74) is 0.907. The number of nitrogens with one attached hydrogen (secondary N) is 1. The van der Waals surface area contributed by atoms with Gasteiger partial charge in [0.2, 0.25) is 5.91 Å². The Labute approximate surface area is 86.2 Å². The van der Waals surface area contributed by atoms with Crippen LogP contribution in [0.15, 0.2) is 0 Å². The minimum atomic E-state index is -0.476. The molecule has 6 heteroatoms. The summed E-state index contributed by atoms with van der Waals surface area (Å²) in [5, 5.41) is 6.78. The van der Waals surface area contributed by atoms with E-state index in [1.54, 1.807) is 11.6 Å². The number of anilines is 1. The molecule has 15 heavy (non-hydrogen) atoms. The second-order valence-electron chi connectivity index (χ2n) is 3.32. The number of methoxy groups -OCH3 is 1. The number of nitrogens with zero attached hydrogens (tertiary/aromatic N) is 2. The monoisotopic (exact) mass is 209 g/mol. The van der Waals surface area contributed by atoms with Gasteiger partial charge in [-0.3, -0.25) is 4.79 Å². The molecule has 1 aliphatic heterocycles. The Hall–Kier alpha value is -1.85. The van der Waals surface area contributed by atoms with Crippen LogP contribution in [0.2, 0.25) is 0 Å². The van der Waals surface area contributed by atoms with E-state index >= 15 is 0 Å². The van der Waals surface area contributed by atoms with Crippen molar-refractivity contribution in [1.29, 1.82) is 0 Å². The topological polar surface area (TPSA) is 73.2 Å². The zero-order valence-corrected chi connectivity index (χ0v) is 8.53. The van der Waals surface area contributed by atoms with Gasteiger partial charge in [-0.25, -0.2) is 9.48 Å². The molecule has 0 saturated heterocycles. The van der Waals surface area contributed by atoms with Gasteiger partial charge >= 0.3 is 5.97 Å². The van der Waals surface area contributed by atoms with Crippen LogP contribution in [-0.2, 0) is 16.1 Å². The maximum Gasteiger partial charge on any atom is 0.343 e. The molecule has 0 atom stereocenters. The van der Waals surface area contributed by atoms with Gasteiger partial charge < -0.3 is 10.1 Å². The van der Waals surface area contributed by atoms with Crippen LogP contribution in [0.25, 0.3) is 0 Å². The third kappa shape index (κ3) is 1.47. The Kier molecular flexibility index (Phi) is 2.18. The maximum atomic E-state index is 11.4. The smallest absolute Gasteiger partial charge is 0.343 e. The number of ether oxygens (including phenoxy) is 1. The first kappa shape index (κ1) is 9.70. The Balaban J connectivity index is 2.50. The lowest BCUT2D eigenvalue weighted by molar-refractivity contribution is -0.116. The summed E-state index contributed by atoms with van der Waals surface area (Å²) < 4.78 is 6.25. The molecule has 1 N–H and O–H groups in total. The quantitative estimate of drug-likeness (QED) is 0.676. The van der Waals surface area contributed by atoms with Crippen LogP contribution in [0.4, 0.5) is 5.82 Å². The number of rotatable bonds is 1. The van der Waals surface area contributed by atoms with Crippen molar-refractivity contribution in [2.24, 2.45) is 0 Å². The molecule has 80 valence electrons. The Morgan fingerprint density at radius 3 is 3.00 bits per heavy atom. The zero-order valence-electron chi connectivity index (χ0n) is 8.53. The molecule has 1 aromatic rings. The van der Waals surface area contributed by atoms with Crippen LogP contribution < -0.4 is 5.32 Å². The summed E-state index contributed by atoms with van der Waals surface area (Å²) in [4.78, 5) is 22.6. The van der Waals surface area contributed by atoms with Gasteiger partial charge in [-0.15, -0.1) is 0 Å². The van der Waals surface area contributed by atoms with Crippen LogP contribution in [0.5, 0.6) is 0 Å². The number of esters is 1. The van der Waals surface area contributed by atoms with E-state index < -0.39 is 5.97 Å². The molecule has 0 bridgehead atoms. The van der Waals surface area contributed by atoms with E-state index in [1.807, 2.05) is 0 Å². The summed E-state index contributed by atoms with van der Waals surface area (Å²) in [6.07, 6.45) is 0.384. The molecule has 6 nitrogen and oxygen atoms in total. The number of amides is 1. The second-order valence-corrected chi connectivity index (χ2v) is 3.32. The van der Waals surface area contributed by atoms with Crippen LogP contribution >= 0.6 is 0 Å². The highest BCUT2D eigenvalue weighted by atomic mass is 16.5. The van der Waals surface area contributed by atoms with E-state index in [0.717, 1.165) is 0 Å². The highest BCUT2D eigenvalue weighted by Gasteiger charge is 2.26. The summed E-state index contributed by atoms with van der Waals surface area (Å²) in [5.74, 6) is -0.140.